The molecular weight excluding hydrogens is 517 g/mol. The molecule has 0 saturated heterocycles. The van der Waals surface area contributed by atoms with Gasteiger partial charge in [0.05, 0.1) is 17.3 Å². The van der Waals surface area contributed by atoms with Crippen LogP contribution in [0.4, 0.5) is 10.1 Å². The summed E-state index contributed by atoms with van der Waals surface area (Å²) in [4.78, 5) is 24.4. The lowest BCUT2D eigenvalue weighted by Gasteiger charge is -2.15. The van der Waals surface area contributed by atoms with Crippen LogP contribution >= 0.6 is 15.9 Å². The summed E-state index contributed by atoms with van der Waals surface area (Å²) in [5, 5.41) is 6.45. The molecule has 2 N–H and O–H groups in total. The molecule has 0 spiro atoms. The first-order valence-electron chi connectivity index (χ1n) is 10.8. The molecule has 3 aromatic carbocycles. The van der Waals surface area contributed by atoms with E-state index in [0.717, 1.165) is 11.1 Å². The molecule has 9 heteroatoms. The number of carbonyl (C=O) groups is 2. The van der Waals surface area contributed by atoms with Gasteiger partial charge in [0, 0.05) is 11.3 Å². The molecule has 35 heavy (non-hydrogen) atoms. The van der Waals surface area contributed by atoms with Crippen LogP contribution in [0.5, 0.6) is 11.5 Å². The van der Waals surface area contributed by atoms with Crippen molar-refractivity contribution < 1.29 is 23.5 Å². The monoisotopic (exact) mass is 541 g/mol. The Bertz CT molecular complexity index is 1260. The van der Waals surface area contributed by atoms with Crippen LogP contribution in [0.1, 0.15) is 29.2 Å². The second-order valence-corrected chi connectivity index (χ2v) is 8.47. The second-order valence-electron chi connectivity index (χ2n) is 7.61. The summed E-state index contributed by atoms with van der Waals surface area (Å²) in [5.41, 5.74) is 5.56. The van der Waals surface area contributed by atoms with Gasteiger partial charge in [-0.3, -0.25) is 9.59 Å². The van der Waals surface area contributed by atoms with E-state index in [1.165, 1.54) is 12.3 Å². The summed E-state index contributed by atoms with van der Waals surface area (Å²) < 4.78 is 26.0. The number of halogens is 2. The third-order valence-electron chi connectivity index (χ3n) is 4.89. The van der Waals surface area contributed by atoms with Crippen molar-refractivity contribution in [1.82, 2.24) is 5.43 Å². The number of nitrogens with one attached hydrogen (secondary N) is 2. The lowest BCUT2D eigenvalue weighted by Crippen LogP contribution is -2.32. The molecule has 0 fully saturated rings. The zero-order chi connectivity index (χ0) is 25.4. The highest BCUT2D eigenvalue weighted by molar-refractivity contribution is 9.10. The van der Waals surface area contributed by atoms with Crippen LogP contribution < -0.4 is 20.2 Å². The molecule has 0 unspecified atom stereocenters. The molecule has 0 atom stereocenters. The second kappa shape index (κ2) is 12.1. The van der Waals surface area contributed by atoms with Crippen LogP contribution in [0.2, 0.25) is 0 Å². The van der Waals surface area contributed by atoms with Gasteiger partial charge in [-0.2, -0.15) is 5.10 Å². The topological polar surface area (TPSA) is 89.0 Å². The van der Waals surface area contributed by atoms with Crippen molar-refractivity contribution >= 4 is 39.6 Å². The summed E-state index contributed by atoms with van der Waals surface area (Å²) in [6.45, 7) is 5.94. The Hall–Kier alpha value is -3.72. The van der Waals surface area contributed by atoms with Crippen LogP contribution in [0.25, 0.3) is 0 Å². The van der Waals surface area contributed by atoms with E-state index >= 15 is 0 Å². The molecule has 182 valence electrons. The molecule has 0 radical (unpaired) electrons. The highest BCUT2D eigenvalue weighted by Gasteiger charge is 2.15. The number of anilines is 1. The van der Waals surface area contributed by atoms with Crippen molar-refractivity contribution in [2.75, 3.05) is 11.9 Å². The Morgan fingerprint density at radius 2 is 1.83 bits per heavy atom. The van der Waals surface area contributed by atoms with Gasteiger partial charge in [0.2, 0.25) is 0 Å². The Labute approximate surface area is 211 Å². The maximum atomic E-state index is 13.9. The van der Waals surface area contributed by atoms with Gasteiger partial charge in [-0.05, 0) is 77.7 Å². The molecule has 3 aromatic rings. The number of ether oxygens (including phenoxy) is 2. The zero-order valence-electron chi connectivity index (χ0n) is 19.5. The predicted molar refractivity (Wildman–Crippen MR) is 136 cm³/mol. The third-order valence-corrected chi connectivity index (χ3v) is 5.48. The summed E-state index contributed by atoms with van der Waals surface area (Å²) in [5.74, 6) is -1.27. The van der Waals surface area contributed by atoms with Crippen LogP contribution in [-0.2, 0) is 16.2 Å². The first kappa shape index (κ1) is 25.9. The Morgan fingerprint density at radius 3 is 2.57 bits per heavy atom. The number of amides is 2. The average Bonchev–Trinajstić information content (AvgIpc) is 2.82. The molecule has 7 nitrogen and oxygen atoms in total. The number of benzene rings is 3. The van der Waals surface area contributed by atoms with Crippen LogP contribution in [0.3, 0.4) is 0 Å². The van der Waals surface area contributed by atoms with Crippen molar-refractivity contribution in [3.05, 3.63) is 87.1 Å². The van der Waals surface area contributed by atoms with Crippen LogP contribution in [0, 0.1) is 19.7 Å². The van der Waals surface area contributed by atoms with Crippen LogP contribution in [-0.4, -0.2) is 24.6 Å². The Morgan fingerprint density at radius 1 is 1.06 bits per heavy atom. The number of aryl methyl sites for hydroxylation is 2. The summed E-state index contributed by atoms with van der Waals surface area (Å²) in [6, 6.07) is 15.3. The minimum absolute atomic E-state index is 0.0182. The molecule has 0 aliphatic heterocycles. The fourth-order valence-corrected chi connectivity index (χ4v) is 3.67. The summed E-state index contributed by atoms with van der Waals surface area (Å²) >= 11 is 3.44. The SMILES string of the molecule is CCOc1cc(/C=N/NC(=O)C(=O)Nc2cc(C)ccc2C)cc(Br)c1OCc1ccccc1F. The highest BCUT2D eigenvalue weighted by Crippen LogP contribution is 2.37. The fraction of sp³-hybridized carbons (Fsp3) is 0.192. The normalized spacial score (nSPS) is 10.8. The van der Waals surface area contributed by atoms with E-state index in [-0.39, 0.29) is 12.4 Å². The van der Waals surface area contributed by atoms with E-state index in [9.17, 15) is 14.0 Å². The summed E-state index contributed by atoms with van der Waals surface area (Å²) in [6.07, 6.45) is 1.37. The van der Waals surface area contributed by atoms with Gasteiger partial charge < -0.3 is 14.8 Å². The molecule has 3 rings (SSSR count). The van der Waals surface area contributed by atoms with Crippen molar-refractivity contribution in [2.24, 2.45) is 5.10 Å². The van der Waals surface area contributed by atoms with Gasteiger partial charge in [0.15, 0.2) is 11.5 Å². The molecule has 0 bridgehead atoms. The Kier molecular flexibility index (Phi) is 8.97. The van der Waals surface area contributed by atoms with Gasteiger partial charge in [-0.25, -0.2) is 9.82 Å². The van der Waals surface area contributed by atoms with Gasteiger partial charge in [0.25, 0.3) is 0 Å². The lowest BCUT2D eigenvalue weighted by atomic mass is 10.1. The van der Waals surface area contributed by atoms with Gasteiger partial charge in [-0.1, -0.05) is 30.3 Å². The van der Waals surface area contributed by atoms with Gasteiger partial charge >= 0.3 is 11.8 Å². The quantitative estimate of drug-likeness (QED) is 0.231. The smallest absolute Gasteiger partial charge is 0.329 e. The van der Waals surface area contributed by atoms with E-state index in [0.29, 0.717) is 39.4 Å². The van der Waals surface area contributed by atoms with Gasteiger partial charge in [0.1, 0.15) is 12.4 Å². The molecule has 0 aromatic heterocycles. The van der Waals surface area contributed by atoms with Gasteiger partial charge in [-0.15, -0.1) is 0 Å². The third kappa shape index (κ3) is 7.13. The van der Waals surface area contributed by atoms with E-state index in [1.54, 1.807) is 36.4 Å². The molecule has 0 aliphatic carbocycles. The maximum absolute atomic E-state index is 13.9. The maximum Gasteiger partial charge on any atom is 0.329 e. The molecule has 2 amide bonds. The van der Waals surface area contributed by atoms with Crippen molar-refractivity contribution in [3.63, 3.8) is 0 Å². The lowest BCUT2D eigenvalue weighted by molar-refractivity contribution is -0.136. The number of hydrazone groups is 1. The zero-order valence-corrected chi connectivity index (χ0v) is 21.1. The molecule has 0 heterocycles. The molecule has 0 aliphatic rings. The van der Waals surface area contributed by atoms with E-state index in [4.69, 9.17) is 9.47 Å². The number of carbonyl (C=O) groups excluding carboxylic acids is 2. The predicted octanol–water partition coefficient (Wildman–Crippen LogP) is 5.27. The largest absolute Gasteiger partial charge is 0.490 e. The van der Waals surface area contributed by atoms with E-state index < -0.39 is 11.8 Å². The number of rotatable bonds is 8. The van der Waals surface area contributed by atoms with Crippen LogP contribution in [0.15, 0.2) is 64.2 Å². The first-order valence-corrected chi connectivity index (χ1v) is 11.6. The number of nitrogens with zero attached hydrogens (tertiary/aromatic N) is 1. The van der Waals surface area contributed by atoms with Crippen molar-refractivity contribution in [3.8, 4) is 11.5 Å². The Balaban J connectivity index is 1.67. The minimum Gasteiger partial charge on any atom is -0.490 e. The fourth-order valence-electron chi connectivity index (χ4n) is 3.10. The highest BCUT2D eigenvalue weighted by atomic mass is 79.9. The molecule has 0 saturated carbocycles. The average molecular weight is 542 g/mol. The first-order chi connectivity index (χ1) is 16.8. The number of hydrogen-bond donors (Lipinski definition) is 2. The van der Waals surface area contributed by atoms with E-state index in [1.807, 2.05) is 32.9 Å². The van der Waals surface area contributed by atoms with Crippen molar-refractivity contribution in [1.29, 1.82) is 0 Å². The standard InChI is InChI=1S/C26H25BrFN3O4/c1-4-34-23-13-18(12-20(27)24(23)35-15-19-7-5-6-8-21(19)28)14-29-31-26(33)25(32)30-22-11-16(2)9-10-17(22)3/h5-14H,4,15H2,1-3H3,(H,30,32)(H,31,33)/b29-14+. The summed E-state index contributed by atoms with van der Waals surface area (Å²) in [7, 11) is 0. The molecular formula is C26H25BrFN3O4. The number of hydrogen-bond acceptors (Lipinski definition) is 5. The van der Waals surface area contributed by atoms with E-state index in [2.05, 4.69) is 31.8 Å². The minimum atomic E-state index is -0.906. The van der Waals surface area contributed by atoms with Crippen molar-refractivity contribution in [2.45, 2.75) is 27.4 Å².